The van der Waals surface area contributed by atoms with E-state index >= 15 is 0 Å². The number of ketones is 1. The van der Waals surface area contributed by atoms with Crippen LogP contribution in [-0.2, 0) is 5.41 Å². The zero-order chi connectivity index (χ0) is 17.7. The van der Waals surface area contributed by atoms with Crippen LogP contribution in [0, 0.1) is 0 Å². The van der Waals surface area contributed by atoms with Gasteiger partial charge in [-0.1, -0.05) is 64.5 Å². The number of allylic oxidation sites excluding steroid dienone is 6. The maximum absolute atomic E-state index is 12.5. The minimum Gasteiger partial charge on any atom is -0.398 e. The molecule has 1 aliphatic carbocycles. The number of Topliss-reactive ketones (excluding diaryl/α,β-unsaturated/α-hetero) is 1. The number of nitrogen functional groups attached to an aromatic ring is 1. The van der Waals surface area contributed by atoms with Crippen LogP contribution in [0.3, 0.4) is 0 Å². The van der Waals surface area contributed by atoms with Gasteiger partial charge in [0.1, 0.15) is 0 Å². The summed E-state index contributed by atoms with van der Waals surface area (Å²) in [4.78, 5) is 12.5. The van der Waals surface area contributed by atoms with Crippen LogP contribution in [0.15, 0.2) is 42.5 Å². The first kappa shape index (κ1) is 18.3. The average Bonchev–Trinajstić information content (AvgIpc) is 2.82. The van der Waals surface area contributed by atoms with Crippen LogP contribution in [0.1, 0.15) is 74.9 Å². The molecule has 128 valence electrons. The predicted molar refractivity (Wildman–Crippen MR) is 104 cm³/mol. The minimum absolute atomic E-state index is 0.00164. The maximum atomic E-state index is 12.5. The molecule has 2 N–H and O–H groups in total. The summed E-state index contributed by atoms with van der Waals surface area (Å²) < 4.78 is 0. The van der Waals surface area contributed by atoms with Gasteiger partial charge in [0.05, 0.1) is 0 Å². The Morgan fingerprint density at radius 2 is 1.92 bits per heavy atom. The Balaban J connectivity index is 2.65. The van der Waals surface area contributed by atoms with Crippen LogP contribution >= 0.6 is 0 Å². The van der Waals surface area contributed by atoms with E-state index in [1.807, 2.05) is 31.2 Å². The van der Waals surface area contributed by atoms with Gasteiger partial charge in [-0.25, -0.2) is 0 Å². The molecule has 0 aromatic heterocycles. The molecule has 1 aliphatic rings. The molecule has 0 spiro atoms. The van der Waals surface area contributed by atoms with Crippen molar-refractivity contribution in [3.63, 3.8) is 0 Å². The lowest BCUT2D eigenvalue weighted by atomic mass is 9.77. The zero-order valence-corrected chi connectivity index (χ0v) is 15.4. The number of hydrogen-bond acceptors (Lipinski definition) is 2. The van der Waals surface area contributed by atoms with Crippen molar-refractivity contribution >= 4 is 17.0 Å². The largest absolute Gasteiger partial charge is 0.398 e. The molecule has 0 bridgehead atoms. The molecule has 1 aromatic carbocycles. The van der Waals surface area contributed by atoms with Crippen molar-refractivity contribution in [1.82, 2.24) is 0 Å². The molecule has 0 saturated heterocycles. The number of anilines is 1. The molecular weight excluding hydrogens is 294 g/mol. The van der Waals surface area contributed by atoms with Crippen LogP contribution in [-0.4, -0.2) is 5.78 Å². The molecular formula is C22H29NO. The third-order valence-corrected chi connectivity index (χ3v) is 4.75. The molecule has 0 amide bonds. The predicted octanol–water partition coefficient (Wildman–Crippen LogP) is 5.84. The van der Waals surface area contributed by atoms with Gasteiger partial charge >= 0.3 is 0 Å². The van der Waals surface area contributed by atoms with E-state index in [1.165, 1.54) is 5.57 Å². The lowest BCUT2D eigenvalue weighted by Crippen LogP contribution is -2.20. The number of carbonyl (C=O) groups excluding carboxylic acids is 1. The molecule has 0 radical (unpaired) electrons. The summed E-state index contributed by atoms with van der Waals surface area (Å²) in [7, 11) is 0. The van der Waals surface area contributed by atoms with Crippen LogP contribution < -0.4 is 5.73 Å². The minimum atomic E-state index is -0.00164. The van der Waals surface area contributed by atoms with Gasteiger partial charge in [0, 0.05) is 17.7 Å². The van der Waals surface area contributed by atoms with Gasteiger partial charge in [-0.2, -0.15) is 0 Å². The lowest BCUT2D eigenvalue weighted by Gasteiger charge is -2.28. The molecule has 1 aromatic rings. The van der Waals surface area contributed by atoms with E-state index in [1.54, 1.807) is 0 Å². The van der Waals surface area contributed by atoms with Crippen molar-refractivity contribution in [1.29, 1.82) is 0 Å². The highest BCUT2D eigenvalue weighted by atomic mass is 16.1. The number of hydrogen-bond donors (Lipinski definition) is 1. The zero-order valence-electron chi connectivity index (χ0n) is 15.4. The molecule has 2 nitrogen and oxygen atoms in total. The average molecular weight is 323 g/mol. The SMILES string of the molecule is CCCC(C)(C)c1cc(C2=CC=CC=CC2)c(C(=O)CC)cc1N. The Morgan fingerprint density at radius 1 is 1.17 bits per heavy atom. The third-order valence-electron chi connectivity index (χ3n) is 4.75. The van der Waals surface area contributed by atoms with E-state index in [2.05, 4.69) is 39.0 Å². The quantitative estimate of drug-likeness (QED) is 0.528. The summed E-state index contributed by atoms with van der Waals surface area (Å²) >= 11 is 0. The summed E-state index contributed by atoms with van der Waals surface area (Å²) in [6, 6.07) is 4.06. The van der Waals surface area contributed by atoms with E-state index in [0.717, 1.165) is 41.6 Å². The van der Waals surface area contributed by atoms with E-state index in [-0.39, 0.29) is 11.2 Å². The first-order valence-corrected chi connectivity index (χ1v) is 8.90. The highest BCUT2D eigenvalue weighted by molar-refractivity contribution is 6.02. The van der Waals surface area contributed by atoms with Crippen molar-refractivity contribution < 1.29 is 4.79 Å². The number of carbonyl (C=O) groups is 1. The topological polar surface area (TPSA) is 43.1 Å². The van der Waals surface area contributed by atoms with Crippen LogP contribution in [0.25, 0.3) is 5.57 Å². The second-order valence-corrected chi connectivity index (χ2v) is 7.10. The normalized spacial score (nSPS) is 14.4. The number of rotatable bonds is 6. The Morgan fingerprint density at radius 3 is 2.58 bits per heavy atom. The van der Waals surface area contributed by atoms with Crippen molar-refractivity contribution in [3.05, 3.63) is 59.2 Å². The summed E-state index contributed by atoms with van der Waals surface area (Å²) in [6.45, 7) is 8.55. The van der Waals surface area contributed by atoms with Crippen molar-refractivity contribution in [2.75, 3.05) is 5.73 Å². The molecule has 2 rings (SSSR count). The fraction of sp³-hybridized carbons (Fsp3) is 0.409. The molecule has 2 heteroatoms. The number of benzene rings is 1. The van der Waals surface area contributed by atoms with Crippen LogP contribution in [0.2, 0.25) is 0 Å². The fourth-order valence-electron chi connectivity index (χ4n) is 3.43. The molecule has 0 atom stereocenters. The van der Waals surface area contributed by atoms with Gasteiger partial charge in [0.2, 0.25) is 0 Å². The summed E-state index contributed by atoms with van der Waals surface area (Å²) in [5.41, 5.74) is 11.2. The second kappa shape index (κ2) is 7.65. The molecule has 0 saturated carbocycles. The van der Waals surface area contributed by atoms with Crippen molar-refractivity contribution in [2.45, 2.75) is 58.8 Å². The molecule has 24 heavy (non-hydrogen) atoms. The Bertz CT molecular complexity index is 705. The van der Waals surface area contributed by atoms with Crippen molar-refractivity contribution in [2.24, 2.45) is 0 Å². The van der Waals surface area contributed by atoms with Crippen LogP contribution in [0.4, 0.5) is 5.69 Å². The molecule has 0 fully saturated rings. The maximum Gasteiger partial charge on any atom is 0.163 e. The molecule has 0 heterocycles. The molecule has 0 unspecified atom stereocenters. The van der Waals surface area contributed by atoms with E-state index in [4.69, 9.17) is 5.73 Å². The Hall–Kier alpha value is -2.09. The summed E-state index contributed by atoms with van der Waals surface area (Å²) in [5.74, 6) is 0.148. The van der Waals surface area contributed by atoms with Gasteiger partial charge in [-0.3, -0.25) is 4.79 Å². The third kappa shape index (κ3) is 3.87. The number of nitrogens with two attached hydrogens (primary N) is 1. The first-order valence-electron chi connectivity index (χ1n) is 8.90. The smallest absolute Gasteiger partial charge is 0.163 e. The monoisotopic (exact) mass is 323 g/mol. The van der Waals surface area contributed by atoms with Gasteiger partial charge in [0.15, 0.2) is 5.78 Å². The van der Waals surface area contributed by atoms with E-state index in [0.29, 0.717) is 6.42 Å². The lowest BCUT2D eigenvalue weighted by molar-refractivity contribution is 0.0988. The Labute approximate surface area is 146 Å². The highest BCUT2D eigenvalue weighted by Gasteiger charge is 2.25. The van der Waals surface area contributed by atoms with Crippen LogP contribution in [0.5, 0.6) is 0 Å². The van der Waals surface area contributed by atoms with Gasteiger partial charge in [0.25, 0.3) is 0 Å². The van der Waals surface area contributed by atoms with Gasteiger partial charge in [-0.15, -0.1) is 0 Å². The van der Waals surface area contributed by atoms with Gasteiger partial charge < -0.3 is 5.73 Å². The molecule has 0 aliphatic heterocycles. The van der Waals surface area contributed by atoms with E-state index < -0.39 is 0 Å². The fourth-order valence-corrected chi connectivity index (χ4v) is 3.43. The second-order valence-electron chi connectivity index (χ2n) is 7.10. The summed E-state index contributed by atoms with van der Waals surface area (Å²) in [5, 5.41) is 0. The first-order chi connectivity index (χ1) is 11.4. The summed E-state index contributed by atoms with van der Waals surface area (Å²) in [6.07, 6.45) is 13.8. The van der Waals surface area contributed by atoms with E-state index in [9.17, 15) is 4.79 Å². The standard InChI is InChI=1S/C22H29NO/c1-5-13-22(3,4)19-14-17(16-11-9-7-8-10-12-16)18(15-20(19)23)21(24)6-2/h7-11,14-15H,5-6,12-13,23H2,1-4H3. The Kier molecular flexibility index (Phi) is 5.82. The van der Waals surface area contributed by atoms with Crippen molar-refractivity contribution in [3.8, 4) is 0 Å². The van der Waals surface area contributed by atoms with Gasteiger partial charge in [-0.05, 0) is 47.1 Å². The highest BCUT2D eigenvalue weighted by Crippen LogP contribution is 2.37.